The van der Waals surface area contributed by atoms with Crippen molar-refractivity contribution in [3.8, 4) is 5.75 Å². The standard InChI is InChI=1S/C13H19NO2S/c1-3-14-12(10-6-4-5-8-16-10)13-11(15-2)7-9-17-13/h6-7,9,12,14H,3-5,8H2,1-2H3. The van der Waals surface area contributed by atoms with Crippen molar-refractivity contribution >= 4 is 11.3 Å². The summed E-state index contributed by atoms with van der Waals surface area (Å²) in [6, 6.07) is 2.14. The molecule has 17 heavy (non-hydrogen) atoms. The Morgan fingerprint density at radius 1 is 1.59 bits per heavy atom. The van der Waals surface area contributed by atoms with E-state index in [-0.39, 0.29) is 6.04 Å². The smallest absolute Gasteiger partial charge is 0.134 e. The molecule has 0 saturated carbocycles. The molecule has 0 aliphatic carbocycles. The molecule has 0 bridgehead atoms. The van der Waals surface area contributed by atoms with E-state index < -0.39 is 0 Å². The van der Waals surface area contributed by atoms with Gasteiger partial charge in [0.25, 0.3) is 0 Å². The largest absolute Gasteiger partial charge is 0.496 e. The topological polar surface area (TPSA) is 30.5 Å². The number of nitrogens with one attached hydrogen (secondary N) is 1. The second-order valence-corrected chi connectivity index (χ2v) is 4.89. The number of methoxy groups -OCH3 is 1. The maximum atomic E-state index is 5.77. The lowest BCUT2D eigenvalue weighted by atomic mass is 10.1. The van der Waals surface area contributed by atoms with Gasteiger partial charge in [0.2, 0.25) is 0 Å². The van der Waals surface area contributed by atoms with E-state index in [0.717, 1.165) is 37.5 Å². The van der Waals surface area contributed by atoms with E-state index in [0.29, 0.717) is 0 Å². The Hall–Kier alpha value is -1.00. The van der Waals surface area contributed by atoms with E-state index in [1.807, 2.05) is 6.07 Å². The number of rotatable bonds is 5. The fourth-order valence-electron chi connectivity index (χ4n) is 1.99. The van der Waals surface area contributed by atoms with Crippen molar-refractivity contribution < 1.29 is 9.47 Å². The first-order chi connectivity index (χ1) is 8.36. The molecule has 0 radical (unpaired) electrons. The Balaban J connectivity index is 2.24. The summed E-state index contributed by atoms with van der Waals surface area (Å²) in [5.74, 6) is 1.98. The van der Waals surface area contributed by atoms with E-state index in [1.54, 1.807) is 18.4 Å². The number of thiophene rings is 1. The van der Waals surface area contributed by atoms with E-state index >= 15 is 0 Å². The normalized spacial score (nSPS) is 17.2. The summed E-state index contributed by atoms with van der Waals surface area (Å²) in [5, 5.41) is 5.52. The highest BCUT2D eigenvalue weighted by Gasteiger charge is 2.23. The van der Waals surface area contributed by atoms with Gasteiger partial charge in [-0.25, -0.2) is 0 Å². The van der Waals surface area contributed by atoms with E-state index in [9.17, 15) is 0 Å². The maximum absolute atomic E-state index is 5.77. The first-order valence-corrected chi connectivity index (χ1v) is 6.92. The minimum Gasteiger partial charge on any atom is -0.496 e. The molecule has 1 aliphatic rings. The molecule has 1 aromatic rings. The average molecular weight is 253 g/mol. The van der Waals surface area contributed by atoms with Crippen molar-refractivity contribution in [2.75, 3.05) is 20.3 Å². The molecule has 2 heterocycles. The Morgan fingerprint density at radius 3 is 3.12 bits per heavy atom. The monoisotopic (exact) mass is 253 g/mol. The Bertz CT molecular complexity index is 387. The van der Waals surface area contributed by atoms with Crippen molar-refractivity contribution in [1.82, 2.24) is 5.32 Å². The van der Waals surface area contributed by atoms with Crippen molar-refractivity contribution in [1.29, 1.82) is 0 Å². The van der Waals surface area contributed by atoms with Gasteiger partial charge in [0.05, 0.1) is 18.6 Å². The average Bonchev–Trinajstić information content (AvgIpc) is 2.85. The van der Waals surface area contributed by atoms with E-state index in [2.05, 4.69) is 23.7 Å². The molecule has 1 N–H and O–H groups in total. The molecular formula is C13H19NO2S. The molecule has 0 aromatic carbocycles. The van der Waals surface area contributed by atoms with Crippen LogP contribution in [0.3, 0.4) is 0 Å². The van der Waals surface area contributed by atoms with Crippen LogP contribution in [-0.4, -0.2) is 20.3 Å². The third-order valence-electron chi connectivity index (χ3n) is 2.79. The molecule has 0 spiro atoms. The first-order valence-electron chi connectivity index (χ1n) is 6.04. The van der Waals surface area contributed by atoms with Crippen LogP contribution >= 0.6 is 11.3 Å². The molecule has 1 aliphatic heterocycles. The van der Waals surface area contributed by atoms with Crippen LogP contribution in [0.4, 0.5) is 0 Å². The van der Waals surface area contributed by atoms with E-state index in [4.69, 9.17) is 9.47 Å². The molecule has 0 amide bonds. The minimum atomic E-state index is 0.134. The predicted molar refractivity (Wildman–Crippen MR) is 70.6 cm³/mol. The number of hydrogen-bond acceptors (Lipinski definition) is 4. The summed E-state index contributed by atoms with van der Waals surface area (Å²) >= 11 is 1.71. The van der Waals surface area contributed by atoms with Crippen LogP contribution in [0.15, 0.2) is 23.3 Å². The SMILES string of the molecule is CCNC(C1=CCCCO1)c1sccc1OC. The lowest BCUT2D eigenvalue weighted by Gasteiger charge is -2.24. The quantitative estimate of drug-likeness (QED) is 0.874. The lowest BCUT2D eigenvalue weighted by Crippen LogP contribution is -2.24. The molecule has 1 aromatic heterocycles. The first kappa shape index (κ1) is 12.5. The lowest BCUT2D eigenvalue weighted by molar-refractivity contribution is 0.168. The zero-order valence-corrected chi connectivity index (χ0v) is 11.2. The van der Waals surface area contributed by atoms with Crippen molar-refractivity contribution in [2.24, 2.45) is 0 Å². The fourth-order valence-corrected chi connectivity index (χ4v) is 2.93. The van der Waals surface area contributed by atoms with Gasteiger partial charge in [0.15, 0.2) is 0 Å². The van der Waals surface area contributed by atoms with Gasteiger partial charge in [-0.2, -0.15) is 0 Å². The number of ether oxygens (including phenoxy) is 2. The zero-order chi connectivity index (χ0) is 12.1. The van der Waals surface area contributed by atoms with Crippen LogP contribution in [0.5, 0.6) is 5.75 Å². The maximum Gasteiger partial charge on any atom is 0.134 e. The second kappa shape index (κ2) is 6.07. The second-order valence-electron chi connectivity index (χ2n) is 3.94. The highest BCUT2D eigenvalue weighted by molar-refractivity contribution is 7.10. The molecule has 3 nitrogen and oxygen atoms in total. The Morgan fingerprint density at radius 2 is 2.47 bits per heavy atom. The van der Waals surface area contributed by atoms with Gasteiger partial charge in [0.1, 0.15) is 17.6 Å². The predicted octanol–water partition coefficient (Wildman–Crippen LogP) is 3.10. The van der Waals surface area contributed by atoms with Gasteiger partial charge < -0.3 is 14.8 Å². The van der Waals surface area contributed by atoms with Crippen LogP contribution in [0.1, 0.15) is 30.7 Å². The zero-order valence-electron chi connectivity index (χ0n) is 10.4. The minimum absolute atomic E-state index is 0.134. The van der Waals surface area contributed by atoms with Gasteiger partial charge in [0, 0.05) is 0 Å². The van der Waals surface area contributed by atoms with Crippen LogP contribution in [0, 0.1) is 0 Å². The third kappa shape index (κ3) is 2.82. The van der Waals surface area contributed by atoms with Gasteiger partial charge in [-0.3, -0.25) is 0 Å². The molecule has 0 saturated heterocycles. The summed E-state index contributed by atoms with van der Waals surface area (Å²) in [5.41, 5.74) is 0. The van der Waals surface area contributed by atoms with Crippen molar-refractivity contribution in [3.05, 3.63) is 28.2 Å². The molecule has 4 heteroatoms. The van der Waals surface area contributed by atoms with Crippen LogP contribution < -0.4 is 10.1 Å². The summed E-state index contributed by atoms with van der Waals surface area (Å²) in [7, 11) is 1.71. The summed E-state index contributed by atoms with van der Waals surface area (Å²) < 4.78 is 11.2. The van der Waals surface area contributed by atoms with Crippen LogP contribution in [0.2, 0.25) is 0 Å². The van der Waals surface area contributed by atoms with Crippen molar-refractivity contribution in [2.45, 2.75) is 25.8 Å². The van der Waals surface area contributed by atoms with Gasteiger partial charge in [-0.15, -0.1) is 11.3 Å². The molecule has 1 atom stereocenters. The molecule has 2 rings (SSSR count). The molecule has 0 fully saturated rings. The summed E-state index contributed by atoms with van der Waals surface area (Å²) in [6.45, 7) is 3.84. The Kier molecular flexibility index (Phi) is 4.45. The summed E-state index contributed by atoms with van der Waals surface area (Å²) in [6.07, 6.45) is 4.41. The Labute approximate surface area is 106 Å². The molecule has 94 valence electrons. The highest BCUT2D eigenvalue weighted by atomic mass is 32.1. The van der Waals surface area contributed by atoms with Crippen molar-refractivity contribution in [3.63, 3.8) is 0 Å². The number of likely N-dealkylation sites (N-methyl/N-ethyl adjacent to an activating group) is 1. The van der Waals surface area contributed by atoms with Gasteiger partial charge in [-0.1, -0.05) is 6.92 Å². The van der Waals surface area contributed by atoms with Crippen LogP contribution in [0.25, 0.3) is 0 Å². The number of allylic oxidation sites excluding steroid dienone is 1. The fraction of sp³-hybridized carbons (Fsp3) is 0.538. The highest BCUT2D eigenvalue weighted by Crippen LogP contribution is 2.36. The van der Waals surface area contributed by atoms with Gasteiger partial charge in [-0.05, 0) is 36.9 Å². The molecule has 1 unspecified atom stereocenters. The molecular weight excluding hydrogens is 234 g/mol. The number of hydrogen-bond donors (Lipinski definition) is 1. The van der Waals surface area contributed by atoms with E-state index in [1.165, 1.54) is 4.88 Å². The third-order valence-corrected chi connectivity index (χ3v) is 3.76. The van der Waals surface area contributed by atoms with Crippen LogP contribution in [-0.2, 0) is 4.74 Å². The summed E-state index contributed by atoms with van der Waals surface area (Å²) in [4.78, 5) is 1.20. The van der Waals surface area contributed by atoms with Gasteiger partial charge >= 0.3 is 0 Å².